The summed E-state index contributed by atoms with van der Waals surface area (Å²) in [6.45, 7) is 15.2. The summed E-state index contributed by atoms with van der Waals surface area (Å²) in [7, 11) is 0. The van der Waals surface area contributed by atoms with Gasteiger partial charge in [-0.15, -0.1) is 6.42 Å². The van der Waals surface area contributed by atoms with Crippen LogP contribution in [0.15, 0.2) is 42.5 Å². The van der Waals surface area contributed by atoms with Crippen LogP contribution >= 0.6 is 11.6 Å². The SMILES string of the molecule is C#Cc1cccc(C(C)(C)C)c1.Cc1cc(C(C)(C)C)ccc1Cl. The van der Waals surface area contributed by atoms with Crippen molar-refractivity contribution in [3.8, 4) is 12.3 Å². The lowest BCUT2D eigenvalue weighted by Gasteiger charge is -2.19. The Labute approximate surface area is 153 Å². The summed E-state index contributed by atoms with van der Waals surface area (Å²) in [6.07, 6.45) is 5.31. The quantitative estimate of drug-likeness (QED) is 0.457. The van der Waals surface area contributed by atoms with Gasteiger partial charge in [-0.3, -0.25) is 0 Å². The van der Waals surface area contributed by atoms with Gasteiger partial charge >= 0.3 is 0 Å². The van der Waals surface area contributed by atoms with Crippen LogP contribution in [-0.2, 0) is 10.8 Å². The highest BCUT2D eigenvalue weighted by Crippen LogP contribution is 2.26. The summed E-state index contributed by atoms with van der Waals surface area (Å²) >= 11 is 5.93. The van der Waals surface area contributed by atoms with Crippen LogP contribution in [0, 0.1) is 19.3 Å². The highest BCUT2D eigenvalue weighted by atomic mass is 35.5. The summed E-state index contributed by atoms with van der Waals surface area (Å²) in [4.78, 5) is 0. The molecule has 24 heavy (non-hydrogen) atoms. The minimum atomic E-state index is 0.187. The molecule has 0 bridgehead atoms. The van der Waals surface area contributed by atoms with E-state index < -0.39 is 0 Å². The van der Waals surface area contributed by atoms with Gasteiger partial charge in [-0.1, -0.05) is 83.3 Å². The third kappa shape index (κ3) is 6.06. The fourth-order valence-electron chi connectivity index (χ4n) is 2.19. The van der Waals surface area contributed by atoms with E-state index in [1.807, 2.05) is 25.1 Å². The summed E-state index contributed by atoms with van der Waals surface area (Å²) in [5, 5.41) is 0.850. The minimum Gasteiger partial charge on any atom is -0.115 e. The number of rotatable bonds is 0. The number of hydrogen-bond donors (Lipinski definition) is 0. The standard InChI is InChI=1S/C12H14.C11H15Cl/c1-5-10-7-6-8-11(9-10)12(2,3)4;1-8-7-9(11(2,3)4)5-6-10(8)12/h1,6-9H,2-4H3;5-7H,1-4H3. The second kappa shape index (κ2) is 7.91. The molecule has 0 spiro atoms. The molecule has 128 valence electrons. The molecule has 0 aliphatic carbocycles. The molecule has 0 atom stereocenters. The summed E-state index contributed by atoms with van der Waals surface area (Å²) in [5.41, 5.74) is 5.15. The molecule has 0 unspecified atom stereocenters. The highest BCUT2D eigenvalue weighted by Gasteiger charge is 2.14. The van der Waals surface area contributed by atoms with Crippen molar-refractivity contribution in [3.05, 3.63) is 69.7 Å². The van der Waals surface area contributed by atoms with E-state index in [2.05, 4.69) is 71.7 Å². The van der Waals surface area contributed by atoms with Crippen molar-refractivity contribution in [1.29, 1.82) is 0 Å². The summed E-state index contributed by atoms with van der Waals surface area (Å²) in [6, 6.07) is 14.4. The van der Waals surface area contributed by atoms with Gasteiger partial charge in [0.05, 0.1) is 0 Å². The average molecular weight is 341 g/mol. The Bertz CT molecular complexity index is 719. The molecular formula is C23H29Cl. The second-order valence-electron chi connectivity index (χ2n) is 8.19. The maximum absolute atomic E-state index is 5.93. The van der Waals surface area contributed by atoms with Crippen LogP contribution < -0.4 is 0 Å². The van der Waals surface area contributed by atoms with Crippen molar-refractivity contribution in [3.63, 3.8) is 0 Å². The van der Waals surface area contributed by atoms with Gasteiger partial charge < -0.3 is 0 Å². The molecule has 0 aromatic heterocycles. The molecule has 0 nitrogen and oxygen atoms in total. The van der Waals surface area contributed by atoms with E-state index in [0.29, 0.717) is 0 Å². The lowest BCUT2D eigenvalue weighted by molar-refractivity contribution is 0.589. The molecule has 0 aliphatic rings. The molecule has 0 N–H and O–H groups in total. The molecule has 0 amide bonds. The van der Waals surface area contributed by atoms with E-state index in [-0.39, 0.29) is 10.8 Å². The van der Waals surface area contributed by atoms with Crippen molar-refractivity contribution in [2.75, 3.05) is 0 Å². The Morgan fingerprint density at radius 2 is 1.38 bits per heavy atom. The Hall–Kier alpha value is -1.71. The number of terminal acetylenes is 1. The van der Waals surface area contributed by atoms with E-state index in [0.717, 1.165) is 16.1 Å². The average Bonchev–Trinajstić information content (AvgIpc) is 2.49. The highest BCUT2D eigenvalue weighted by molar-refractivity contribution is 6.31. The molecule has 0 saturated heterocycles. The summed E-state index contributed by atoms with van der Waals surface area (Å²) < 4.78 is 0. The monoisotopic (exact) mass is 340 g/mol. The zero-order valence-corrected chi connectivity index (χ0v) is 16.8. The fraction of sp³-hybridized carbons (Fsp3) is 0.391. The van der Waals surface area contributed by atoms with Crippen LogP contribution in [0.2, 0.25) is 5.02 Å². The Balaban J connectivity index is 0.000000240. The second-order valence-corrected chi connectivity index (χ2v) is 8.60. The fourth-order valence-corrected chi connectivity index (χ4v) is 2.30. The largest absolute Gasteiger partial charge is 0.115 e. The van der Waals surface area contributed by atoms with Gasteiger partial charge in [-0.25, -0.2) is 0 Å². The van der Waals surface area contributed by atoms with Gasteiger partial charge in [0.1, 0.15) is 0 Å². The van der Waals surface area contributed by atoms with Crippen molar-refractivity contribution in [2.45, 2.75) is 59.3 Å². The zero-order chi connectivity index (χ0) is 18.5. The molecule has 0 saturated carbocycles. The Morgan fingerprint density at radius 3 is 1.83 bits per heavy atom. The molecule has 0 radical (unpaired) electrons. The lowest BCUT2D eigenvalue weighted by Crippen LogP contribution is -2.10. The smallest absolute Gasteiger partial charge is 0.0435 e. The maximum atomic E-state index is 5.93. The van der Waals surface area contributed by atoms with E-state index >= 15 is 0 Å². The van der Waals surface area contributed by atoms with Gasteiger partial charge in [0, 0.05) is 10.6 Å². The molecule has 2 aromatic carbocycles. The Morgan fingerprint density at radius 1 is 0.833 bits per heavy atom. The van der Waals surface area contributed by atoms with Crippen LogP contribution in [0.5, 0.6) is 0 Å². The van der Waals surface area contributed by atoms with Gasteiger partial charge in [-0.2, -0.15) is 0 Å². The van der Waals surface area contributed by atoms with Gasteiger partial charge in [0.25, 0.3) is 0 Å². The predicted molar refractivity (Wildman–Crippen MR) is 108 cm³/mol. The molecule has 0 fully saturated rings. The number of aryl methyl sites for hydroxylation is 1. The van der Waals surface area contributed by atoms with Gasteiger partial charge in [0.15, 0.2) is 0 Å². The first-order chi connectivity index (χ1) is 10.9. The lowest BCUT2D eigenvalue weighted by atomic mass is 9.86. The van der Waals surface area contributed by atoms with Crippen molar-refractivity contribution < 1.29 is 0 Å². The molecule has 2 aromatic rings. The van der Waals surface area contributed by atoms with Crippen LogP contribution in [0.4, 0.5) is 0 Å². The van der Waals surface area contributed by atoms with Gasteiger partial charge in [0.2, 0.25) is 0 Å². The first kappa shape index (κ1) is 20.3. The van der Waals surface area contributed by atoms with Crippen LogP contribution in [-0.4, -0.2) is 0 Å². The number of halogens is 1. The molecular weight excluding hydrogens is 312 g/mol. The maximum Gasteiger partial charge on any atom is 0.0435 e. The molecule has 1 heteroatoms. The third-order valence-corrected chi connectivity index (χ3v) is 4.34. The Kier molecular flexibility index (Phi) is 6.70. The van der Waals surface area contributed by atoms with E-state index in [4.69, 9.17) is 18.0 Å². The first-order valence-corrected chi connectivity index (χ1v) is 8.67. The van der Waals surface area contributed by atoms with E-state index in [9.17, 15) is 0 Å². The third-order valence-electron chi connectivity index (χ3n) is 3.92. The zero-order valence-electron chi connectivity index (χ0n) is 16.0. The van der Waals surface area contributed by atoms with Crippen molar-refractivity contribution in [2.24, 2.45) is 0 Å². The van der Waals surface area contributed by atoms with Crippen LogP contribution in [0.1, 0.15) is 63.8 Å². The molecule has 0 aliphatic heterocycles. The van der Waals surface area contributed by atoms with Crippen molar-refractivity contribution >= 4 is 11.6 Å². The van der Waals surface area contributed by atoms with Crippen LogP contribution in [0.25, 0.3) is 0 Å². The first-order valence-electron chi connectivity index (χ1n) is 8.29. The van der Waals surface area contributed by atoms with Gasteiger partial charge in [-0.05, 0) is 52.6 Å². The topological polar surface area (TPSA) is 0 Å². The van der Waals surface area contributed by atoms with Crippen molar-refractivity contribution in [1.82, 2.24) is 0 Å². The number of benzene rings is 2. The normalized spacial score (nSPS) is 11.3. The van der Waals surface area contributed by atoms with E-state index in [1.165, 1.54) is 11.1 Å². The molecule has 2 rings (SSSR count). The minimum absolute atomic E-state index is 0.187. The number of hydrogen-bond acceptors (Lipinski definition) is 0. The van der Waals surface area contributed by atoms with Crippen LogP contribution in [0.3, 0.4) is 0 Å². The predicted octanol–water partition coefficient (Wildman–Crippen LogP) is 6.91. The molecule has 0 heterocycles. The van der Waals surface area contributed by atoms with E-state index in [1.54, 1.807) is 0 Å². The summed E-state index contributed by atoms with van der Waals surface area (Å²) in [5.74, 6) is 2.64.